The lowest BCUT2D eigenvalue weighted by molar-refractivity contribution is -0.130. The van der Waals surface area contributed by atoms with Crippen LogP contribution >= 0.6 is 0 Å². The molecule has 0 bridgehead atoms. The number of para-hydroxylation sites is 1. The number of anilines is 1. The molecule has 8 heteroatoms. The van der Waals surface area contributed by atoms with Crippen molar-refractivity contribution in [3.05, 3.63) is 59.8 Å². The number of nitrogens with one attached hydrogen (secondary N) is 1. The smallest absolute Gasteiger partial charge is 0.387 e. The van der Waals surface area contributed by atoms with E-state index in [9.17, 15) is 18.4 Å². The van der Waals surface area contributed by atoms with Crippen LogP contribution in [0.2, 0.25) is 0 Å². The number of rotatable bonds is 6. The summed E-state index contributed by atoms with van der Waals surface area (Å²) in [4.78, 5) is 31.0. The van der Waals surface area contributed by atoms with Crippen LogP contribution in [0.4, 0.5) is 14.6 Å². The van der Waals surface area contributed by atoms with E-state index in [0.29, 0.717) is 30.8 Å². The molecule has 1 aromatic heterocycles. The molecule has 158 valence electrons. The predicted octanol–water partition coefficient (Wildman–Crippen LogP) is 3.88. The largest absolute Gasteiger partial charge is 0.434 e. The van der Waals surface area contributed by atoms with Gasteiger partial charge in [-0.1, -0.05) is 24.3 Å². The maximum atomic E-state index is 12.6. The molecule has 2 amide bonds. The van der Waals surface area contributed by atoms with Crippen LogP contribution in [0.5, 0.6) is 5.75 Å². The summed E-state index contributed by atoms with van der Waals surface area (Å²) < 4.78 is 29.5. The van der Waals surface area contributed by atoms with Gasteiger partial charge in [0.2, 0.25) is 11.8 Å². The first kappa shape index (κ1) is 21.4. The number of alkyl halides is 2. The van der Waals surface area contributed by atoms with Gasteiger partial charge in [-0.15, -0.1) is 0 Å². The van der Waals surface area contributed by atoms with Crippen molar-refractivity contribution < 1.29 is 23.1 Å². The Hall–Kier alpha value is -3.29. The van der Waals surface area contributed by atoms with Crippen molar-refractivity contribution in [2.24, 2.45) is 5.92 Å². The van der Waals surface area contributed by atoms with Gasteiger partial charge in [-0.2, -0.15) is 8.78 Å². The average Bonchev–Trinajstić information content (AvgIpc) is 2.72. The maximum absolute atomic E-state index is 12.6. The molecule has 1 saturated heterocycles. The second-order valence-electron chi connectivity index (χ2n) is 7.03. The highest BCUT2D eigenvalue weighted by molar-refractivity contribution is 5.94. The molecule has 1 aliphatic heterocycles. The van der Waals surface area contributed by atoms with E-state index < -0.39 is 6.61 Å². The number of ether oxygens (including phenoxy) is 1. The summed E-state index contributed by atoms with van der Waals surface area (Å²) in [5.74, 6) is -0.316. The van der Waals surface area contributed by atoms with Crippen LogP contribution < -0.4 is 10.1 Å². The topological polar surface area (TPSA) is 71.5 Å². The molecule has 30 heavy (non-hydrogen) atoms. The van der Waals surface area contributed by atoms with Crippen molar-refractivity contribution in [2.45, 2.75) is 26.4 Å². The summed E-state index contributed by atoms with van der Waals surface area (Å²) in [5.41, 5.74) is 1.18. The Kier molecular flexibility index (Phi) is 7.11. The van der Waals surface area contributed by atoms with Gasteiger partial charge in [0.1, 0.15) is 11.6 Å². The van der Waals surface area contributed by atoms with Crippen LogP contribution in [0.15, 0.2) is 48.5 Å². The van der Waals surface area contributed by atoms with Gasteiger partial charge in [0.05, 0.1) is 5.92 Å². The van der Waals surface area contributed by atoms with E-state index in [2.05, 4.69) is 15.0 Å². The minimum Gasteiger partial charge on any atom is -0.434 e. The van der Waals surface area contributed by atoms with Gasteiger partial charge in [0.15, 0.2) is 0 Å². The number of aryl methyl sites for hydroxylation is 1. The quantitative estimate of drug-likeness (QED) is 0.727. The number of benzene rings is 1. The minimum atomic E-state index is -2.94. The lowest BCUT2D eigenvalue weighted by Gasteiger charge is -2.31. The predicted molar refractivity (Wildman–Crippen MR) is 109 cm³/mol. The molecule has 1 aliphatic rings. The van der Waals surface area contributed by atoms with Gasteiger partial charge in [0.25, 0.3) is 0 Å². The van der Waals surface area contributed by atoms with Crippen LogP contribution in [0.3, 0.4) is 0 Å². The van der Waals surface area contributed by atoms with Crippen molar-refractivity contribution in [1.82, 2.24) is 9.88 Å². The van der Waals surface area contributed by atoms with E-state index >= 15 is 0 Å². The van der Waals surface area contributed by atoms with Gasteiger partial charge >= 0.3 is 6.61 Å². The highest BCUT2D eigenvalue weighted by Gasteiger charge is 2.28. The molecule has 1 fully saturated rings. The zero-order valence-corrected chi connectivity index (χ0v) is 16.6. The molecule has 0 spiro atoms. The number of carbonyl (C=O) groups is 2. The highest BCUT2D eigenvalue weighted by atomic mass is 19.3. The fourth-order valence-electron chi connectivity index (χ4n) is 3.32. The number of piperidine rings is 1. The van der Waals surface area contributed by atoms with E-state index in [0.717, 1.165) is 5.69 Å². The molecular weight excluding hydrogens is 392 g/mol. The first-order valence-electron chi connectivity index (χ1n) is 9.68. The minimum absolute atomic E-state index is 0.00176. The summed E-state index contributed by atoms with van der Waals surface area (Å²) in [6, 6.07) is 11.6. The van der Waals surface area contributed by atoms with E-state index in [4.69, 9.17) is 0 Å². The molecule has 2 heterocycles. The summed E-state index contributed by atoms with van der Waals surface area (Å²) >= 11 is 0. The lowest BCUT2D eigenvalue weighted by Crippen LogP contribution is -2.43. The third-order valence-electron chi connectivity index (χ3n) is 4.78. The average molecular weight is 415 g/mol. The monoisotopic (exact) mass is 415 g/mol. The van der Waals surface area contributed by atoms with E-state index in [1.165, 1.54) is 18.2 Å². The van der Waals surface area contributed by atoms with Crippen molar-refractivity contribution in [3.63, 3.8) is 0 Å². The van der Waals surface area contributed by atoms with Gasteiger partial charge < -0.3 is 15.0 Å². The Morgan fingerprint density at radius 1 is 1.23 bits per heavy atom. The second-order valence-corrected chi connectivity index (χ2v) is 7.03. The highest BCUT2D eigenvalue weighted by Crippen LogP contribution is 2.23. The van der Waals surface area contributed by atoms with Crippen molar-refractivity contribution in [2.75, 3.05) is 18.4 Å². The summed E-state index contributed by atoms with van der Waals surface area (Å²) in [6.45, 7) is -0.284. The number of hydrogen-bond acceptors (Lipinski definition) is 4. The normalized spacial score (nSPS) is 16.7. The van der Waals surface area contributed by atoms with E-state index in [1.807, 2.05) is 19.1 Å². The number of amides is 2. The molecule has 1 atom stereocenters. The number of pyridine rings is 1. The number of halogens is 2. The fourth-order valence-corrected chi connectivity index (χ4v) is 3.32. The molecule has 0 aliphatic carbocycles. The van der Waals surface area contributed by atoms with Crippen molar-refractivity contribution >= 4 is 23.7 Å². The number of nitrogens with zero attached hydrogens (tertiary/aromatic N) is 2. The first-order chi connectivity index (χ1) is 14.4. The number of carbonyl (C=O) groups excluding carboxylic acids is 2. The van der Waals surface area contributed by atoms with Gasteiger partial charge in [-0.05, 0) is 44.0 Å². The fraction of sp³-hybridized carbons (Fsp3) is 0.318. The summed E-state index contributed by atoms with van der Waals surface area (Å²) in [5, 5.41) is 2.80. The Balaban J connectivity index is 1.62. The number of aromatic nitrogens is 1. The van der Waals surface area contributed by atoms with Crippen molar-refractivity contribution in [3.8, 4) is 5.75 Å². The van der Waals surface area contributed by atoms with E-state index in [1.54, 1.807) is 29.2 Å². The van der Waals surface area contributed by atoms with Crippen LogP contribution in [-0.4, -0.2) is 41.4 Å². The zero-order chi connectivity index (χ0) is 21.5. The molecule has 1 N–H and O–H groups in total. The maximum Gasteiger partial charge on any atom is 0.387 e. The number of likely N-dealkylation sites (tertiary alicyclic amines) is 1. The Bertz CT molecular complexity index is 933. The second kappa shape index (κ2) is 9.96. The van der Waals surface area contributed by atoms with Crippen LogP contribution in [-0.2, 0) is 9.59 Å². The van der Waals surface area contributed by atoms with Gasteiger partial charge in [-0.3, -0.25) is 9.59 Å². The van der Waals surface area contributed by atoms with Crippen molar-refractivity contribution in [1.29, 1.82) is 0 Å². The van der Waals surface area contributed by atoms with Gasteiger partial charge in [0, 0.05) is 30.4 Å². The molecule has 0 radical (unpaired) electrons. The zero-order valence-electron chi connectivity index (χ0n) is 16.6. The molecular formula is C22H23F2N3O3. The number of hydrogen-bond donors (Lipinski definition) is 1. The Morgan fingerprint density at radius 3 is 2.80 bits per heavy atom. The molecule has 1 aromatic carbocycles. The molecule has 1 unspecified atom stereocenters. The standard InChI is InChI=1S/C22H23F2N3O3/c1-15-6-4-10-19(25-15)26-21(29)17-8-5-13-27(14-17)20(28)12-11-16-7-2-3-9-18(16)30-22(23)24/h2-4,6-7,9-12,17,22H,5,8,13-14H2,1H3,(H,25,26,29). The van der Waals surface area contributed by atoms with E-state index in [-0.39, 0.29) is 30.0 Å². The molecule has 2 aromatic rings. The SMILES string of the molecule is Cc1cccc(NC(=O)C2CCCN(C(=O)C=Cc3ccccc3OC(F)F)C2)n1. The summed E-state index contributed by atoms with van der Waals surface area (Å²) in [7, 11) is 0. The Morgan fingerprint density at radius 2 is 2.03 bits per heavy atom. The third-order valence-corrected chi connectivity index (χ3v) is 4.78. The Labute approximate surface area is 173 Å². The van der Waals surface area contributed by atoms with Crippen LogP contribution in [0.1, 0.15) is 24.1 Å². The van der Waals surface area contributed by atoms with Gasteiger partial charge in [-0.25, -0.2) is 4.98 Å². The molecule has 6 nitrogen and oxygen atoms in total. The first-order valence-corrected chi connectivity index (χ1v) is 9.68. The lowest BCUT2D eigenvalue weighted by atomic mass is 9.97. The third kappa shape index (κ3) is 5.85. The molecule has 3 rings (SSSR count). The van der Waals surface area contributed by atoms with Crippen LogP contribution in [0, 0.1) is 12.8 Å². The molecule has 0 saturated carbocycles. The summed E-state index contributed by atoms with van der Waals surface area (Å²) in [6.07, 6.45) is 4.14. The van der Waals surface area contributed by atoms with Crippen LogP contribution in [0.25, 0.3) is 6.08 Å².